The molecule has 0 amide bonds. The van der Waals surface area contributed by atoms with Crippen molar-refractivity contribution in [2.45, 2.75) is 25.8 Å². The molecular formula is C9H15NS. The number of pyridine rings is 1. The van der Waals surface area contributed by atoms with E-state index in [4.69, 9.17) is 0 Å². The zero-order valence-corrected chi connectivity index (χ0v) is 8.19. The minimum absolute atomic E-state index is 1.09. The average Bonchev–Trinajstić information content (AvgIpc) is 2.11. The quantitative estimate of drug-likeness (QED) is 0.630. The second-order valence-corrected chi connectivity index (χ2v) is 2.89. The number of hydrogen-bond acceptors (Lipinski definition) is 2. The van der Waals surface area contributed by atoms with Crippen molar-refractivity contribution in [1.29, 1.82) is 0 Å². The molecule has 0 radical (unpaired) electrons. The predicted octanol–water partition coefficient (Wildman–Crippen LogP) is 3.22. The molecule has 0 fully saturated rings. The number of nitrogens with zero attached hydrogens (tertiary/aromatic N) is 1. The molecule has 11 heavy (non-hydrogen) atoms. The van der Waals surface area contributed by atoms with Crippen LogP contribution in [0.4, 0.5) is 0 Å². The molecule has 1 nitrogen and oxygen atoms in total. The highest BCUT2D eigenvalue weighted by Crippen LogP contribution is 2.11. The molecule has 0 bridgehead atoms. The van der Waals surface area contributed by atoms with E-state index in [-0.39, 0.29) is 0 Å². The van der Waals surface area contributed by atoms with Crippen LogP contribution in [0.5, 0.6) is 0 Å². The van der Waals surface area contributed by atoms with Crippen molar-refractivity contribution in [3.8, 4) is 0 Å². The van der Waals surface area contributed by atoms with Crippen LogP contribution in [0.1, 0.15) is 20.8 Å². The third-order valence-corrected chi connectivity index (χ3v) is 1.76. The fraction of sp³-hybridized carbons (Fsp3) is 0.444. The van der Waals surface area contributed by atoms with Crippen molar-refractivity contribution in [3.63, 3.8) is 0 Å². The molecule has 0 unspecified atom stereocenters. The van der Waals surface area contributed by atoms with Gasteiger partial charge in [-0.05, 0) is 17.9 Å². The third-order valence-electron chi connectivity index (χ3n) is 0.930. The van der Waals surface area contributed by atoms with Crippen molar-refractivity contribution in [2.24, 2.45) is 0 Å². The minimum atomic E-state index is 1.09. The molecule has 1 aromatic rings. The highest BCUT2D eigenvalue weighted by molar-refractivity contribution is 7.99. The summed E-state index contributed by atoms with van der Waals surface area (Å²) in [6, 6.07) is 5.96. The first kappa shape index (κ1) is 10.5. The molecule has 0 N–H and O–H groups in total. The van der Waals surface area contributed by atoms with Crippen LogP contribution >= 0.6 is 11.8 Å². The second kappa shape index (κ2) is 7.61. The Kier molecular flexibility index (Phi) is 7.26. The molecule has 2 heteroatoms. The molecule has 1 aromatic heterocycles. The predicted molar refractivity (Wildman–Crippen MR) is 52.0 cm³/mol. The normalized spacial score (nSPS) is 8.27. The van der Waals surface area contributed by atoms with Crippen LogP contribution in [0.25, 0.3) is 0 Å². The summed E-state index contributed by atoms with van der Waals surface area (Å²) in [6.45, 7) is 6.12. The first-order valence-electron chi connectivity index (χ1n) is 3.97. The summed E-state index contributed by atoms with van der Waals surface area (Å²) < 4.78 is 0. The lowest BCUT2D eigenvalue weighted by molar-refractivity contribution is 1.13. The van der Waals surface area contributed by atoms with E-state index in [1.54, 1.807) is 11.8 Å². The monoisotopic (exact) mass is 169 g/mol. The molecule has 0 spiro atoms. The van der Waals surface area contributed by atoms with Gasteiger partial charge in [0.15, 0.2) is 0 Å². The van der Waals surface area contributed by atoms with Gasteiger partial charge in [0.25, 0.3) is 0 Å². The molecule has 0 aliphatic rings. The van der Waals surface area contributed by atoms with Gasteiger partial charge in [-0.2, -0.15) is 0 Å². The maximum atomic E-state index is 4.13. The molecule has 0 aliphatic carbocycles. The number of hydrogen-bond donors (Lipinski definition) is 0. The van der Waals surface area contributed by atoms with Crippen molar-refractivity contribution >= 4 is 11.8 Å². The SMILES string of the molecule is CC.CCSc1ccccn1. The molecule has 1 rings (SSSR count). The van der Waals surface area contributed by atoms with Crippen molar-refractivity contribution in [3.05, 3.63) is 24.4 Å². The van der Waals surface area contributed by atoms with Gasteiger partial charge in [0, 0.05) is 6.20 Å². The summed E-state index contributed by atoms with van der Waals surface area (Å²) in [4.78, 5) is 4.13. The summed E-state index contributed by atoms with van der Waals surface area (Å²) in [6.07, 6.45) is 1.82. The zero-order chi connectivity index (χ0) is 8.53. The van der Waals surface area contributed by atoms with Crippen LogP contribution in [0.15, 0.2) is 29.4 Å². The fourth-order valence-corrected chi connectivity index (χ4v) is 1.19. The Hall–Kier alpha value is -0.500. The second-order valence-electron chi connectivity index (χ2n) is 1.60. The van der Waals surface area contributed by atoms with Crippen LogP contribution in [0.2, 0.25) is 0 Å². The summed E-state index contributed by atoms with van der Waals surface area (Å²) in [7, 11) is 0. The standard InChI is InChI=1S/C7H9NS.C2H6/c1-2-9-7-5-3-4-6-8-7;1-2/h3-6H,2H2,1H3;1-2H3. The Bertz CT molecular complexity index is 162. The highest BCUT2D eigenvalue weighted by atomic mass is 32.2. The maximum Gasteiger partial charge on any atom is 0.0959 e. The Morgan fingerprint density at radius 3 is 2.55 bits per heavy atom. The van der Waals surface area contributed by atoms with E-state index in [0.29, 0.717) is 0 Å². The summed E-state index contributed by atoms with van der Waals surface area (Å²) in [5.74, 6) is 1.09. The molecule has 62 valence electrons. The Labute approximate surface area is 73.2 Å². The van der Waals surface area contributed by atoms with E-state index in [1.165, 1.54) is 0 Å². The zero-order valence-electron chi connectivity index (χ0n) is 7.37. The number of aromatic nitrogens is 1. The van der Waals surface area contributed by atoms with Crippen LogP contribution in [-0.4, -0.2) is 10.7 Å². The highest BCUT2D eigenvalue weighted by Gasteiger charge is 1.86. The topological polar surface area (TPSA) is 12.9 Å². The van der Waals surface area contributed by atoms with Gasteiger partial charge in [0.05, 0.1) is 5.03 Å². The van der Waals surface area contributed by atoms with E-state index in [9.17, 15) is 0 Å². The largest absolute Gasteiger partial charge is 0.250 e. The summed E-state index contributed by atoms with van der Waals surface area (Å²) in [5.41, 5.74) is 0. The molecule has 0 saturated carbocycles. The van der Waals surface area contributed by atoms with Gasteiger partial charge in [0.1, 0.15) is 0 Å². The molecule has 0 atom stereocenters. The lowest BCUT2D eigenvalue weighted by atomic mass is 10.5. The van der Waals surface area contributed by atoms with Gasteiger partial charge >= 0.3 is 0 Å². The third kappa shape index (κ3) is 4.85. The Morgan fingerprint density at radius 1 is 1.36 bits per heavy atom. The average molecular weight is 169 g/mol. The van der Waals surface area contributed by atoms with Crippen LogP contribution < -0.4 is 0 Å². The van der Waals surface area contributed by atoms with Gasteiger partial charge in [-0.3, -0.25) is 0 Å². The van der Waals surface area contributed by atoms with E-state index in [1.807, 2.05) is 38.2 Å². The molecule has 0 saturated heterocycles. The van der Waals surface area contributed by atoms with E-state index in [2.05, 4.69) is 11.9 Å². The van der Waals surface area contributed by atoms with Gasteiger partial charge in [0.2, 0.25) is 0 Å². The minimum Gasteiger partial charge on any atom is -0.250 e. The van der Waals surface area contributed by atoms with Crippen LogP contribution in [0.3, 0.4) is 0 Å². The fourth-order valence-electron chi connectivity index (χ4n) is 0.580. The van der Waals surface area contributed by atoms with Gasteiger partial charge in [-0.25, -0.2) is 4.98 Å². The first-order valence-corrected chi connectivity index (χ1v) is 4.96. The van der Waals surface area contributed by atoms with Crippen molar-refractivity contribution < 1.29 is 0 Å². The molecular weight excluding hydrogens is 154 g/mol. The van der Waals surface area contributed by atoms with Crippen molar-refractivity contribution in [1.82, 2.24) is 4.98 Å². The molecule has 0 aromatic carbocycles. The maximum absolute atomic E-state index is 4.13. The van der Waals surface area contributed by atoms with Crippen molar-refractivity contribution in [2.75, 3.05) is 5.75 Å². The lowest BCUT2D eigenvalue weighted by Crippen LogP contribution is -1.75. The number of rotatable bonds is 2. The number of thioether (sulfide) groups is 1. The van der Waals surface area contributed by atoms with E-state index >= 15 is 0 Å². The lowest BCUT2D eigenvalue weighted by Gasteiger charge is -1.92. The van der Waals surface area contributed by atoms with Gasteiger partial charge in [-0.15, -0.1) is 11.8 Å². The summed E-state index contributed by atoms with van der Waals surface area (Å²) in [5, 5.41) is 1.11. The summed E-state index contributed by atoms with van der Waals surface area (Å²) >= 11 is 1.76. The van der Waals surface area contributed by atoms with E-state index in [0.717, 1.165) is 10.8 Å². The van der Waals surface area contributed by atoms with Crippen LogP contribution in [-0.2, 0) is 0 Å². The Morgan fingerprint density at radius 2 is 2.09 bits per heavy atom. The van der Waals surface area contributed by atoms with E-state index < -0.39 is 0 Å². The molecule has 1 heterocycles. The Balaban J connectivity index is 0.000000461. The smallest absolute Gasteiger partial charge is 0.0959 e. The first-order chi connectivity index (χ1) is 5.43. The molecule has 0 aliphatic heterocycles. The van der Waals surface area contributed by atoms with Gasteiger partial charge < -0.3 is 0 Å². The van der Waals surface area contributed by atoms with Crippen LogP contribution in [0, 0.1) is 0 Å². The van der Waals surface area contributed by atoms with Gasteiger partial charge in [-0.1, -0.05) is 26.8 Å².